The van der Waals surface area contributed by atoms with Crippen molar-refractivity contribution in [1.82, 2.24) is 19.9 Å². The van der Waals surface area contributed by atoms with Gasteiger partial charge >= 0.3 is 6.36 Å². The van der Waals surface area contributed by atoms with Crippen molar-refractivity contribution in [1.29, 1.82) is 0 Å². The molecule has 0 spiro atoms. The van der Waals surface area contributed by atoms with E-state index in [2.05, 4.69) is 40.5 Å². The second-order valence-corrected chi connectivity index (χ2v) is 7.17. The van der Waals surface area contributed by atoms with Gasteiger partial charge in [0, 0.05) is 11.3 Å². The Hall–Kier alpha value is -4.88. The number of ether oxygens (including phenoxy) is 4. The fourth-order valence-electron chi connectivity index (χ4n) is 3.27. The molecule has 14 heteroatoms. The van der Waals surface area contributed by atoms with E-state index in [9.17, 15) is 13.2 Å². The normalized spacial score (nSPS) is 11.4. The minimum atomic E-state index is -4.77. The molecule has 11 nitrogen and oxygen atoms in total. The maximum absolute atomic E-state index is 12.4. The van der Waals surface area contributed by atoms with Crippen molar-refractivity contribution in [3.8, 4) is 23.0 Å². The second-order valence-electron chi connectivity index (χ2n) is 7.17. The summed E-state index contributed by atoms with van der Waals surface area (Å²) in [6, 6.07) is 8.63. The minimum Gasteiger partial charge on any atom is -0.493 e. The molecule has 0 saturated carbocycles. The van der Waals surface area contributed by atoms with E-state index in [0.29, 0.717) is 51.2 Å². The van der Waals surface area contributed by atoms with Crippen molar-refractivity contribution >= 4 is 34.6 Å². The lowest BCUT2D eigenvalue weighted by molar-refractivity contribution is -0.274. The van der Waals surface area contributed by atoms with Gasteiger partial charge in [0.2, 0.25) is 5.75 Å². The monoisotopic (exact) mass is 515 g/mol. The third-order valence-corrected chi connectivity index (χ3v) is 4.84. The molecule has 0 saturated heterocycles. The molecule has 2 aromatic heterocycles. The van der Waals surface area contributed by atoms with Gasteiger partial charge in [0.1, 0.15) is 29.4 Å². The van der Waals surface area contributed by atoms with Crippen LogP contribution < -0.4 is 29.7 Å². The van der Waals surface area contributed by atoms with Gasteiger partial charge in [-0.2, -0.15) is 5.10 Å². The number of methoxy groups -OCH3 is 3. The van der Waals surface area contributed by atoms with Crippen LogP contribution in [0.2, 0.25) is 0 Å². The van der Waals surface area contributed by atoms with Crippen molar-refractivity contribution in [3.63, 3.8) is 0 Å². The van der Waals surface area contributed by atoms with E-state index >= 15 is 0 Å². The molecule has 0 fully saturated rings. The first-order chi connectivity index (χ1) is 17.8. The van der Waals surface area contributed by atoms with Crippen LogP contribution in [0.1, 0.15) is 5.56 Å². The molecule has 4 rings (SSSR count). The first-order valence-electron chi connectivity index (χ1n) is 10.5. The van der Waals surface area contributed by atoms with Crippen molar-refractivity contribution in [2.45, 2.75) is 6.36 Å². The van der Waals surface area contributed by atoms with Crippen LogP contribution in [-0.4, -0.2) is 53.8 Å². The Morgan fingerprint density at radius 1 is 0.811 bits per heavy atom. The smallest absolute Gasteiger partial charge is 0.493 e. The average molecular weight is 515 g/mol. The molecule has 2 aromatic carbocycles. The number of hydrogen-bond acceptors (Lipinski definition) is 11. The van der Waals surface area contributed by atoms with Crippen LogP contribution in [0.4, 0.5) is 30.5 Å². The number of alkyl halides is 3. The quantitative estimate of drug-likeness (QED) is 0.243. The summed E-state index contributed by atoms with van der Waals surface area (Å²) in [4.78, 5) is 16.8. The maximum Gasteiger partial charge on any atom is 0.573 e. The van der Waals surface area contributed by atoms with E-state index in [1.807, 2.05) is 0 Å². The summed E-state index contributed by atoms with van der Waals surface area (Å²) in [6.07, 6.45) is -0.646. The van der Waals surface area contributed by atoms with E-state index in [0.717, 1.165) is 0 Å². The van der Waals surface area contributed by atoms with Crippen LogP contribution in [-0.2, 0) is 0 Å². The zero-order chi connectivity index (χ0) is 26.4. The molecule has 0 atom stereocenters. The van der Waals surface area contributed by atoms with Crippen LogP contribution in [0.3, 0.4) is 0 Å². The third-order valence-electron chi connectivity index (χ3n) is 4.84. The van der Waals surface area contributed by atoms with E-state index in [1.165, 1.54) is 64.5 Å². The van der Waals surface area contributed by atoms with Gasteiger partial charge in [-0.1, -0.05) is 0 Å². The van der Waals surface area contributed by atoms with E-state index < -0.39 is 6.36 Å². The molecule has 2 N–H and O–H groups in total. The number of nitrogens with zero attached hydrogens (tertiary/aromatic N) is 5. The van der Waals surface area contributed by atoms with Crippen LogP contribution >= 0.6 is 0 Å². The molecular formula is C23H20F3N7O4. The zero-order valence-electron chi connectivity index (χ0n) is 19.7. The summed E-state index contributed by atoms with van der Waals surface area (Å²) in [7, 11) is 4.54. The molecule has 0 aliphatic carbocycles. The number of hydrogen-bond donors (Lipinski definition) is 2. The number of anilines is 3. The summed E-state index contributed by atoms with van der Waals surface area (Å²) in [5.74, 6) is 1.66. The molecule has 192 valence electrons. The first kappa shape index (κ1) is 25.2. The molecule has 0 aliphatic heterocycles. The Morgan fingerprint density at radius 3 is 1.97 bits per heavy atom. The SMILES string of the molecule is COc1cc(/C=N/Nc2ncnc3c(Nc4ccc(OC(F)(F)F)cc4)ncnc23)cc(OC)c1OC. The van der Waals surface area contributed by atoms with Crippen LogP contribution in [0.25, 0.3) is 11.0 Å². The van der Waals surface area contributed by atoms with Crippen molar-refractivity contribution in [2.75, 3.05) is 32.1 Å². The van der Waals surface area contributed by atoms with Gasteiger partial charge in [-0.3, -0.25) is 5.43 Å². The molecule has 0 unspecified atom stereocenters. The fraction of sp³-hybridized carbons (Fsp3) is 0.174. The second kappa shape index (κ2) is 10.8. The standard InChI is InChI=1S/C23H20F3N7O4/c1-34-16-8-13(9-17(35-2)20(16)36-3)10-31-33-22-19-18(27-12-30-22)21(29-11-28-19)32-14-4-6-15(7-5-14)37-23(24,25)26/h4-12H,1-3H3,(H,27,30,33)(H,28,29,32)/b31-10+. The summed E-state index contributed by atoms with van der Waals surface area (Å²) >= 11 is 0. The molecule has 4 aromatic rings. The summed E-state index contributed by atoms with van der Waals surface area (Å²) in [5.41, 5.74) is 4.67. The van der Waals surface area contributed by atoms with Crippen molar-refractivity contribution in [2.24, 2.45) is 5.10 Å². The number of aromatic nitrogens is 4. The summed E-state index contributed by atoms with van der Waals surface area (Å²) in [5, 5.41) is 7.22. The molecule has 37 heavy (non-hydrogen) atoms. The molecule has 0 aliphatic rings. The lowest BCUT2D eigenvalue weighted by Crippen LogP contribution is -2.16. The van der Waals surface area contributed by atoms with E-state index in [1.54, 1.807) is 12.1 Å². The van der Waals surface area contributed by atoms with Gasteiger partial charge in [-0.15, -0.1) is 13.2 Å². The molecular weight excluding hydrogens is 495 g/mol. The van der Waals surface area contributed by atoms with Crippen LogP contribution in [0, 0.1) is 0 Å². The Bertz CT molecular complexity index is 1390. The third kappa shape index (κ3) is 6.04. The van der Waals surface area contributed by atoms with Gasteiger partial charge in [0.05, 0.1) is 27.5 Å². The Morgan fingerprint density at radius 2 is 1.41 bits per heavy atom. The Labute approximate surface area is 208 Å². The first-order valence-corrected chi connectivity index (χ1v) is 10.5. The van der Waals surface area contributed by atoms with Gasteiger partial charge < -0.3 is 24.3 Å². The van der Waals surface area contributed by atoms with Crippen LogP contribution in [0.15, 0.2) is 54.2 Å². The van der Waals surface area contributed by atoms with Crippen LogP contribution in [0.5, 0.6) is 23.0 Å². The van der Waals surface area contributed by atoms with Gasteiger partial charge in [0.25, 0.3) is 0 Å². The lowest BCUT2D eigenvalue weighted by Gasteiger charge is -2.12. The number of benzene rings is 2. The van der Waals surface area contributed by atoms with Crippen molar-refractivity contribution in [3.05, 3.63) is 54.6 Å². The Kier molecular flexibility index (Phi) is 7.36. The summed E-state index contributed by atoms with van der Waals surface area (Å²) < 4.78 is 57.0. The number of nitrogens with one attached hydrogen (secondary N) is 2. The predicted molar refractivity (Wildman–Crippen MR) is 129 cm³/mol. The molecule has 0 bridgehead atoms. The minimum absolute atomic E-state index is 0.299. The maximum atomic E-state index is 12.4. The summed E-state index contributed by atoms with van der Waals surface area (Å²) in [6.45, 7) is 0. The fourth-order valence-corrected chi connectivity index (χ4v) is 3.27. The molecule has 0 radical (unpaired) electrons. The van der Waals surface area contributed by atoms with E-state index in [-0.39, 0.29) is 5.75 Å². The number of halogens is 3. The van der Waals surface area contributed by atoms with Gasteiger partial charge in [-0.05, 0) is 36.4 Å². The zero-order valence-corrected chi connectivity index (χ0v) is 19.7. The molecule has 0 amide bonds. The average Bonchev–Trinajstić information content (AvgIpc) is 2.88. The highest BCUT2D eigenvalue weighted by atomic mass is 19.4. The number of fused-ring (bicyclic) bond motifs is 1. The molecule has 2 heterocycles. The van der Waals surface area contributed by atoms with E-state index in [4.69, 9.17) is 14.2 Å². The van der Waals surface area contributed by atoms with Gasteiger partial charge in [-0.25, -0.2) is 19.9 Å². The Balaban J connectivity index is 1.55. The highest BCUT2D eigenvalue weighted by Crippen LogP contribution is 2.37. The predicted octanol–water partition coefficient (Wildman–Crippen LogP) is 4.53. The van der Waals surface area contributed by atoms with Crippen molar-refractivity contribution < 1.29 is 32.1 Å². The largest absolute Gasteiger partial charge is 0.573 e. The highest BCUT2D eigenvalue weighted by Gasteiger charge is 2.31. The lowest BCUT2D eigenvalue weighted by atomic mass is 10.2. The highest BCUT2D eigenvalue weighted by molar-refractivity contribution is 5.93. The number of hydrazone groups is 1. The van der Waals surface area contributed by atoms with Gasteiger partial charge in [0.15, 0.2) is 23.1 Å². The topological polar surface area (TPSA) is 125 Å². The number of rotatable bonds is 9.